The van der Waals surface area contributed by atoms with Crippen molar-refractivity contribution in [1.29, 1.82) is 0 Å². The molecule has 0 bridgehead atoms. The minimum atomic E-state index is -0.242. The van der Waals surface area contributed by atoms with Crippen LogP contribution >= 0.6 is 0 Å². The number of hydrogen-bond acceptors (Lipinski definition) is 4. The Labute approximate surface area is 165 Å². The van der Waals surface area contributed by atoms with Gasteiger partial charge in [-0.05, 0) is 68.8 Å². The number of hydrogen-bond donors (Lipinski definition) is 1. The third kappa shape index (κ3) is 4.09. The molecule has 0 aromatic heterocycles. The Balaban J connectivity index is 1.37. The lowest BCUT2D eigenvalue weighted by atomic mass is 9.78. The van der Waals surface area contributed by atoms with E-state index in [1.165, 1.54) is 63.5 Å². The maximum atomic E-state index is 10.9. The molecule has 3 fully saturated rings. The van der Waals surface area contributed by atoms with E-state index in [2.05, 4.69) is 29.7 Å². The SMILES string of the molecule is COC1C=C(N2CCN(C(O)C3CCCCC3)[C@H](C)C2)CCC1C1(C)CC1. The van der Waals surface area contributed by atoms with Crippen molar-refractivity contribution in [2.45, 2.75) is 90.0 Å². The van der Waals surface area contributed by atoms with Crippen LogP contribution in [0.5, 0.6) is 0 Å². The largest absolute Gasteiger partial charge is 0.378 e. The number of aliphatic hydroxyl groups excluding tert-OH is 1. The van der Waals surface area contributed by atoms with Crippen molar-refractivity contribution in [2.75, 3.05) is 26.7 Å². The quantitative estimate of drug-likeness (QED) is 0.787. The molecule has 0 aromatic carbocycles. The van der Waals surface area contributed by atoms with E-state index in [0.717, 1.165) is 19.6 Å². The predicted octanol–water partition coefficient (Wildman–Crippen LogP) is 4.00. The van der Waals surface area contributed by atoms with Gasteiger partial charge in [0.2, 0.25) is 0 Å². The van der Waals surface area contributed by atoms with Crippen LogP contribution < -0.4 is 0 Å². The highest BCUT2D eigenvalue weighted by Gasteiger charge is 2.49. The highest BCUT2D eigenvalue weighted by Crippen LogP contribution is 2.56. The van der Waals surface area contributed by atoms with Gasteiger partial charge in [0.05, 0.1) is 6.10 Å². The molecule has 4 rings (SSSR count). The minimum Gasteiger partial charge on any atom is -0.378 e. The molecular formula is C23H40N2O2. The van der Waals surface area contributed by atoms with Gasteiger partial charge in [0.15, 0.2) is 0 Å². The second-order valence-electron chi connectivity index (χ2n) is 10.0. The lowest BCUT2D eigenvalue weighted by Gasteiger charge is -2.47. The van der Waals surface area contributed by atoms with Gasteiger partial charge in [0, 0.05) is 38.5 Å². The van der Waals surface area contributed by atoms with Crippen molar-refractivity contribution in [1.82, 2.24) is 9.80 Å². The van der Waals surface area contributed by atoms with Gasteiger partial charge in [-0.25, -0.2) is 0 Å². The van der Waals surface area contributed by atoms with Gasteiger partial charge in [-0.15, -0.1) is 0 Å². The van der Waals surface area contributed by atoms with Gasteiger partial charge in [-0.1, -0.05) is 26.2 Å². The molecule has 1 heterocycles. The van der Waals surface area contributed by atoms with Crippen LogP contribution in [0.2, 0.25) is 0 Å². The molecular weight excluding hydrogens is 336 g/mol. The molecule has 0 amide bonds. The lowest BCUT2D eigenvalue weighted by Crippen LogP contribution is -2.57. The molecule has 1 saturated heterocycles. The Morgan fingerprint density at radius 1 is 1.15 bits per heavy atom. The van der Waals surface area contributed by atoms with Crippen molar-refractivity contribution in [3.05, 3.63) is 11.8 Å². The van der Waals surface area contributed by atoms with E-state index in [4.69, 9.17) is 4.74 Å². The summed E-state index contributed by atoms with van der Waals surface area (Å²) in [5, 5.41) is 10.9. The normalized spacial score (nSPS) is 36.4. The van der Waals surface area contributed by atoms with E-state index in [-0.39, 0.29) is 12.3 Å². The molecule has 4 atom stereocenters. The lowest BCUT2D eigenvalue weighted by molar-refractivity contribution is -0.0898. The number of allylic oxidation sites excluding steroid dienone is 1. The molecule has 4 heteroatoms. The molecule has 2 saturated carbocycles. The summed E-state index contributed by atoms with van der Waals surface area (Å²) >= 11 is 0. The van der Waals surface area contributed by atoms with Crippen molar-refractivity contribution < 1.29 is 9.84 Å². The smallest absolute Gasteiger partial charge is 0.110 e. The van der Waals surface area contributed by atoms with Crippen LogP contribution in [0.15, 0.2) is 11.8 Å². The van der Waals surface area contributed by atoms with Crippen LogP contribution in [0.3, 0.4) is 0 Å². The van der Waals surface area contributed by atoms with Crippen LogP contribution in [-0.2, 0) is 4.74 Å². The molecule has 1 N–H and O–H groups in total. The zero-order chi connectivity index (χ0) is 19.0. The number of aliphatic hydroxyl groups is 1. The van der Waals surface area contributed by atoms with Gasteiger partial charge >= 0.3 is 0 Å². The summed E-state index contributed by atoms with van der Waals surface area (Å²) < 4.78 is 5.90. The van der Waals surface area contributed by atoms with Crippen LogP contribution in [0, 0.1) is 17.3 Å². The minimum absolute atomic E-state index is 0.242. The number of piperazine rings is 1. The van der Waals surface area contributed by atoms with Crippen molar-refractivity contribution >= 4 is 0 Å². The number of rotatable bonds is 5. The van der Waals surface area contributed by atoms with Crippen LogP contribution in [0.4, 0.5) is 0 Å². The monoisotopic (exact) mass is 376 g/mol. The molecule has 154 valence electrons. The van der Waals surface area contributed by atoms with E-state index < -0.39 is 0 Å². The first-order valence-corrected chi connectivity index (χ1v) is 11.4. The van der Waals surface area contributed by atoms with Crippen LogP contribution in [-0.4, -0.2) is 60.0 Å². The summed E-state index contributed by atoms with van der Waals surface area (Å²) in [5.74, 6) is 1.18. The van der Waals surface area contributed by atoms with Gasteiger partial charge in [0.25, 0.3) is 0 Å². The molecule has 3 aliphatic carbocycles. The van der Waals surface area contributed by atoms with Gasteiger partial charge in [0.1, 0.15) is 6.23 Å². The molecule has 0 aromatic rings. The maximum absolute atomic E-state index is 10.9. The molecule has 4 aliphatic rings. The second kappa shape index (κ2) is 8.04. The van der Waals surface area contributed by atoms with Crippen molar-refractivity contribution in [3.63, 3.8) is 0 Å². The summed E-state index contributed by atoms with van der Waals surface area (Å²) in [4.78, 5) is 4.95. The average molecular weight is 377 g/mol. The summed E-state index contributed by atoms with van der Waals surface area (Å²) in [7, 11) is 1.88. The van der Waals surface area contributed by atoms with Gasteiger partial charge < -0.3 is 14.7 Å². The first kappa shape index (κ1) is 19.7. The van der Waals surface area contributed by atoms with Crippen molar-refractivity contribution in [3.8, 4) is 0 Å². The Hall–Kier alpha value is -0.580. The fourth-order valence-electron chi connectivity index (χ4n) is 5.99. The summed E-state index contributed by atoms with van der Waals surface area (Å²) in [6.45, 7) is 7.79. The first-order valence-electron chi connectivity index (χ1n) is 11.4. The Kier molecular flexibility index (Phi) is 5.87. The standard InChI is InChI=1S/C23H40N2O2/c1-17-16-24(13-14-25(17)22(26)18-7-5-4-6-8-18)19-9-10-20(21(15-19)27-3)23(2)11-12-23/h15,17-18,20-22,26H,4-14,16H2,1-3H3/t17-,20?,21?,22?/m1/s1. The number of nitrogens with zero attached hydrogens (tertiary/aromatic N) is 2. The van der Waals surface area contributed by atoms with E-state index in [1.807, 2.05) is 7.11 Å². The Morgan fingerprint density at radius 3 is 2.52 bits per heavy atom. The maximum Gasteiger partial charge on any atom is 0.110 e. The van der Waals surface area contributed by atoms with E-state index in [9.17, 15) is 5.11 Å². The second-order valence-corrected chi connectivity index (χ2v) is 10.0. The summed E-state index contributed by atoms with van der Waals surface area (Å²) in [6.07, 6.45) is 14.0. The number of ether oxygens (including phenoxy) is 1. The average Bonchev–Trinajstić information content (AvgIpc) is 3.46. The third-order valence-corrected chi connectivity index (χ3v) is 8.17. The number of methoxy groups -OCH3 is 1. The Bertz CT molecular complexity index is 538. The van der Waals surface area contributed by atoms with Gasteiger partial charge in [-0.3, -0.25) is 4.90 Å². The molecule has 1 aliphatic heterocycles. The van der Waals surface area contributed by atoms with Crippen LogP contribution in [0.1, 0.15) is 71.6 Å². The zero-order valence-corrected chi connectivity index (χ0v) is 17.7. The predicted molar refractivity (Wildman–Crippen MR) is 109 cm³/mol. The zero-order valence-electron chi connectivity index (χ0n) is 17.7. The van der Waals surface area contributed by atoms with Crippen molar-refractivity contribution in [2.24, 2.45) is 17.3 Å². The molecule has 0 spiro atoms. The topological polar surface area (TPSA) is 35.9 Å². The van der Waals surface area contributed by atoms with E-state index in [0.29, 0.717) is 23.3 Å². The fraction of sp³-hybridized carbons (Fsp3) is 0.913. The fourth-order valence-corrected chi connectivity index (χ4v) is 5.99. The van der Waals surface area contributed by atoms with Gasteiger partial charge in [-0.2, -0.15) is 0 Å². The molecule has 3 unspecified atom stereocenters. The highest BCUT2D eigenvalue weighted by atomic mass is 16.5. The highest BCUT2D eigenvalue weighted by molar-refractivity contribution is 5.15. The molecule has 27 heavy (non-hydrogen) atoms. The molecule has 4 nitrogen and oxygen atoms in total. The summed E-state index contributed by atoms with van der Waals surface area (Å²) in [5.41, 5.74) is 2.01. The summed E-state index contributed by atoms with van der Waals surface area (Å²) in [6, 6.07) is 0.413. The first-order chi connectivity index (χ1) is 13.0. The van der Waals surface area contributed by atoms with E-state index >= 15 is 0 Å². The Morgan fingerprint density at radius 2 is 1.89 bits per heavy atom. The third-order valence-electron chi connectivity index (χ3n) is 8.17. The van der Waals surface area contributed by atoms with E-state index in [1.54, 1.807) is 0 Å². The molecule has 0 radical (unpaired) electrons. The van der Waals surface area contributed by atoms with Crippen LogP contribution in [0.25, 0.3) is 0 Å².